The van der Waals surface area contributed by atoms with Gasteiger partial charge in [-0.3, -0.25) is 5.32 Å². The van der Waals surface area contributed by atoms with Crippen LogP contribution >= 0.6 is 0 Å². The predicted molar refractivity (Wildman–Crippen MR) is 173 cm³/mol. The maximum atomic E-state index is 12.7. The minimum absolute atomic E-state index is 0.0425. The SMILES string of the molecule is C=C1C(c2ccn(/C(=N/C(=O)OC(C)(C)C)NC(=O)OC(C)(C)C)n2)C[C@H]2[C@H](CN)[C@@H]([C@@]3(C)CC[C@H](O)C[C@@H]3CO)CC[C@]12C. The van der Waals surface area contributed by atoms with Gasteiger partial charge in [-0.2, -0.15) is 5.10 Å². The Morgan fingerprint density at radius 3 is 2.38 bits per heavy atom. The molecular formula is C34H55N5O6. The van der Waals surface area contributed by atoms with Crippen LogP contribution in [0, 0.1) is 34.5 Å². The fraction of sp³-hybridized carbons (Fsp3) is 0.765. The highest BCUT2D eigenvalue weighted by Crippen LogP contribution is 2.66. The molecule has 4 rings (SSSR count). The van der Waals surface area contributed by atoms with Gasteiger partial charge in [0.1, 0.15) is 11.2 Å². The van der Waals surface area contributed by atoms with Crippen LogP contribution in [0.1, 0.15) is 106 Å². The maximum absolute atomic E-state index is 12.7. The smallest absolute Gasteiger partial charge is 0.437 e. The van der Waals surface area contributed by atoms with Crippen LogP contribution in [-0.2, 0) is 9.47 Å². The van der Waals surface area contributed by atoms with Crippen molar-refractivity contribution in [1.29, 1.82) is 0 Å². The lowest BCUT2D eigenvalue weighted by Crippen LogP contribution is -2.52. The molecule has 0 radical (unpaired) electrons. The van der Waals surface area contributed by atoms with Gasteiger partial charge < -0.3 is 25.4 Å². The molecule has 0 aromatic carbocycles. The summed E-state index contributed by atoms with van der Waals surface area (Å²) < 4.78 is 12.1. The average Bonchev–Trinajstić information content (AvgIpc) is 3.50. The van der Waals surface area contributed by atoms with E-state index in [1.165, 1.54) is 4.68 Å². The zero-order chi connectivity index (χ0) is 33.5. The summed E-state index contributed by atoms with van der Waals surface area (Å²) >= 11 is 0. The van der Waals surface area contributed by atoms with Gasteiger partial charge in [-0.1, -0.05) is 26.0 Å². The predicted octanol–water partition coefficient (Wildman–Crippen LogP) is 5.36. The summed E-state index contributed by atoms with van der Waals surface area (Å²) in [7, 11) is 0. The van der Waals surface area contributed by atoms with Crippen molar-refractivity contribution in [3.8, 4) is 0 Å². The molecule has 1 heterocycles. The Morgan fingerprint density at radius 1 is 1.11 bits per heavy atom. The van der Waals surface area contributed by atoms with Crippen LogP contribution < -0.4 is 11.1 Å². The number of aromatic nitrogens is 2. The standard InChI is InChI=1S/C34H55N5O6/c1-20-23(17-26-24(18-35)25(11-14-33(20,26)8)34(9)13-10-22(41)16-21(34)19-40)27-12-15-39(38-27)28(36-29(42)44-31(2,3)4)37-30(43)45-32(5,6)7/h12,15,21-26,40-41H,1,10-11,13-14,16-19,35H2,2-9H3,(H,36,37,42,43)/t21-,22+,23?,24-,25+,26+,33-,34+/m1/s1. The van der Waals surface area contributed by atoms with E-state index in [9.17, 15) is 19.8 Å². The molecule has 0 bridgehead atoms. The first kappa shape index (κ1) is 35.1. The van der Waals surface area contributed by atoms with Crippen LogP contribution in [0.15, 0.2) is 29.4 Å². The molecule has 2 amide bonds. The number of aliphatic hydroxyl groups excluding tert-OH is 2. The summed E-state index contributed by atoms with van der Waals surface area (Å²) in [5.74, 6) is 0.717. The van der Waals surface area contributed by atoms with E-state index in [1.807, 2.05) is 6.07 Å². The molecule has 3 saturated carbocycles. The molecule has 5 N–H and O–H groups in total. The molecule has 45 heavy (non-hydrogen) atoms. The van der Waals surface area contributed by atoms with E-state index < -0.39 is 23.4 Å². The fourth-order valence-corrected chi connectivity index (χ4v) is 8.39. The van der Waals surface area contributed by atoms with E-state index in [-0.39, 0.29) is 53.2 Å². The van der Waals surface area contributed by atoms with Gasteiger partial charge in [-0.25, -0.2) is 14.3 Å². The van der Waals surface area contributed by atoms with Crippen molar-refractivity contribution >= 4 is 18.1 Å². The van der Waals surface area contributed by atoms with Crippen molar-refractivity contribution in [1.82, 2.24) is 15.1 Å². The van der Waals surface area contributed by atoms with Crippen molar-refractivity contribution in [2.24, 2.45) is 45.2 Å². The van der Waals surface area contributed by atoms with Crippen molar-refractivity contribution in [3.05, 3.63) is 30.1 Å². The molecule has 1 aromatic rings. The maximum Gasteiger partial charge on any atom is 0.437 e. The third kappa shape index (κ3) is 7.46. The monoisotopic (exact) mass is 629 g/mol. The number of aliphatic hydroxyl groups is 2. The number of nitrogens with zero attached hydrogens (tertiary/aromatic N) is 3. The normalized spacial score (nSPS) is 34.3. The van der Waals surface area contributed by atoms with Crippen molar-refractivity contribution in [2.75, 3.05) is 13.2 Å². The Balaban J connectivity index is 1.62. The molecule has 8 atom stereocenters. The first-order chi connectivity index (χ1) is 20.8. The third-order valence-electron chi connectivity index (χ3n) is 10.7. The molecule has 1 aromatic heterocycles. The lowest BCUT2D eigenvalue weighted by atomic mass is 9.49. The molecule has 11 heteroatoms. The molecule has 1 unspecified atom stereocenters. The number of carbonyl (C=O) groups excluding carboxylic acids is 2. The number of nitrogens with two attached hydrogens (primary N) is 1. The lowest BCUT2D eigenvalue weighted by molar-refractivity contribution is -0.0917. The minimum atomic E-state index is -0.865. The number of rotatable bonds is 4. The highest BCUT2D eigenvalue weighted by Gasteiger charge is 2.58. The number of aliphatic imine (C=N–C) groups is 1. The molecule has 3 aliphatic carbocycles. The topological polar surface area (TPSA) is 161 Å². The van der Waals surface area contributed by atoms with Crippen LogP contribution in [0.3, 0.4) is 0 Å². The number of nitrogens with one attached hydrogen (secondary N) is 1. The molecule has 252 valence electrons. The molecule has 0 aliphatic heterocycles. The number of alkyl carbamates (subject to hydrolysis) is 1. The number of allylic oxidation sites excluding steroid dienone is 1. The number of fused-ring (bicyclic) bond motifs is 1. The first-order valence-electron chi connectivity index (χ1n) is 16.4. The summed E-state index contributed by atoms with van der Waals surface area (Å²) in [6.45, 7) is 20.3. The minimum Gasteiger partial charge on any atom is -0.444 e. The van der Waals surface area contributed by atoms with Crippen LogP contribution in [0.5, 0.6) is 0 Å². The van der Waals surface area contributed by atoms with Gasteiger partial charge in [-0.05, 0) is 127 Å². The van der Waals surface area contributed by atoms with E-state index in [2.05, 4.69) is 30.7 Å². The van der Waals surface area contributed by atoms with Crippen LogP contribution in [0.4, 0.5) is 9.59 Å². The number of hydrogen-bond acceptors (Lipinski definition) is 8. The third-order valence-corrected chi connectivity index (χ3v) is 10.7. The Kier molecular flexibility index (Phi) is 9.98. The van der Waals surface area contributed by atoms with Gasteiger partial charge in [0, 0.05) is 18.7 Å². The number of ether oxygens (including phenoxy) is 2. The Bertz CT molecular complexity index is 1290. The Labute approximate surface area is 268 Å². The molecular weight excluding hydrogens is 574 g/mol. The first-order valence-corrected chi connectivity index (χ1v) is 16.4. The average molecular weight is 630 g/mol. The second-order valence-electron chi connectivity index (χ2n) is 15.9. The van der Waals surface area contributed by atoms with E-state index >= 15 is 0 Å². The highest BCUT2D eigenvalue weighted by atomic mass is 16.6. The van der Waals surface area contributed by atoms with Gasteiger partial charge in [0.2, 0.25) is 5.96 Å². The van der Waals surface area contributed by atoms with Crippen LogP contribution in [0.2, 0.25) is 0 Å². The fourth-order valence-electron chi connectivity index (χ4n) is 8.39. The summed E-state index contributed by atoms with van der Waals surface area (Å²) in [4.78, 5) is 29.4. The van der Waals surface area contributed by atoms with E-state index in [0.29, 0.717) is 18.9 Å². The zero-order valence-corrected chi connectivity index (χ0v) is 28.4. The van der Waals surface area contributed by atoms with E-state index in [4.69, 9.17) is 20.3 Å². The quantitative estimate of drug-likeness (QED) is 0.197. The number of amides is 2. The Hall–Kier alpha value is -2.76. The zero-order valence-electron chi connectivity index (χ0n) is 28.4. The molecule has 0 spiro atoms. The molecule has 3 fully saturated rings. The molecule has 11 nitrogen and oxygen atoms in total. The summed E-state index contributed by atoms with van der Waals surface area (Å²) in [5.41, 5.74) is 6.70. The number of carbonyl (C=O) groups is 2. The second kappa shape index (κ2) is 12.8. The highest BCUT2D eigenvalue weighted by molar-refractivity contribution is 5.99. The summed E-state index contributed by atoms with van der Waals surface area (Å²) in [6, 6.07) is 1.87. The van der Waals surface area contributed by atoms with Gasteiger partial charge in [0.25, 0.3) is 0 Å². The van der Waals surface area contributed by atoms with E-state index in [1.54, 1.807) is 47.7 Å². The molecule has 0 saturated heterocycles. The van der Waals surface area contributed by atoms with Crippen molar-refractivity contribution in [3.63, 3.8) is 0 Å². The van der Waals surface area contributed by atoms with Crippen LogP contribution in [0.25, 0.3) is 0 Å². The van der Waals surface area contributed by atoms with E-state index in [0.717, 1.165) is 43.4 Å². The van der Waals surface area contributed by atoms with Gasteiger partial charge in [-0.15, -0.1) is 4.99 Å². The van der Waals surface area contributed by atoms with Gasteiger partial charge in [0.15, 0.2) is 0 Å². The van der Waals surface area contributed by atoms with Gasteiger partial charge >= 0.3 is 12.2 Å². The molecule has 3 aliphatic rings. The van der Waals surface area contributed by atoms with Crippen molar-refractivity contribution < 1.29 is 29.3 Å². The van der Waals surface area contributed by atoms with Crippen molar-refractivity contribution in [2.45, 2.75) is 117 Å². The Morgan fingerprint density at radius 2 is 1.78 bits per heavy atom. The lowest BCUT2D eigenvalue weighted by Gasteiger charge is -2.56. The summed E-state index contributed by atoms with van der Waals surface area (Å²) in [6.07, 6.45) is 4.70. The number of hydrogen-bond donors (Lipinski definition) is 4. The second-order valence-corrected chi connectivity index (χ2v) is 15.9. The van der Waals surface area contributed by atoms with Gasteiger partial charge in [0.05, 0.1) is 11.8 Å². The largest absolute Gasteiger partial charge is 0.444 e. The van der Waals surface area contributed by atoms with Crippen LogP contribution in [-0.4, -0.2) is 68.6 Å². The summed E-state index contributed by atoms with van der Waals surface area (Å²) in [5, 5.41) is 28.1.